The summed E-state index contributed by atoms with van der Waals surface area (Å²) in [5.41, 5.74) is -1.45. The lowest BCUT2D eigenvalue weighted by Gasteiger charge is -2.30. The average molecular weight is 331 g/mol. The van der Waals surface area contributed by atoms with Gasteiger partial charge in [-0.2, -0.15) is 0 Å². The first-order valence-corrected chi connectivity index (χ1v) is 7.05. The summed E-state index contributed by atoms with van der Waals surface area (Å²) < 4.78 is 9.96. The number of ether oxygens (including phenoxy) is 2. The Bertz CT molecular complexity index is 724. The van der Waals surface area contributed by atoms with Crippen molar-refractivity contribution < 1.29 is 24.3 Å². The molecule has 0 saturated carbocycles. The zero-order chi connectivity index (χ0) is 17.8. The van der Waals surface area contributed by atoms with Crippen molar-refractivity contribution >= 4 is 5.78 Å². The molecule has 0 saturated heterocycles. The van der Waals surface area contributed by atoms with Crippen LogP contribution in [0.15, 0.2) is 66.3 Å². The molecule has 0 amide bonds. The van der Waals surface area contributed by atoms with E-state index in [4.69, 9.17) is 9.47 Å². The van der Waals surface area contributed by atoms with Crippen LogP contribution in [0.4, 0.5) is 0 Å². The molecule has 0 aliphatic heterocycles. The highest BCUT2D eigenvalue weighted by atomic mass is 16.7. The highest BCUT2D eigenvalue weighted by molar-refractivity contribution is 6.04. The van der Waals surface area contributed by atoms with Gasteiger partial charge in [-0.3, -0.25) is 14.9 Å². The summed E-state index contributed by atoms with van der Waals surface area (Å²) in [6.45, 7) is 0. The van der Waals surface area contributed by atoms with Crippen LogP contribution in [0, 0.1) is 10.1 Å². The molecule has 1 aromatic rings. The Labute approximate surface area is 138 Å². The molecule has 0 spiro atoms. The molecular formula is C17H17NO6. The molecule has 1 aromatic carbocycles. The SMILES string of the molecule is COC1(O)C=CC(OC)([N+](=O)[O-])C=C1/C=C/C(=O)c1ccccc1. The van der Waals surface area contributed by atoms with Crippen molar-refractivity contribution in [3.05, 3.63) is 82.0 Å². The maximum absolute atomic E-state index is 12.1. The molecule has 0 fully saturated rings. The van der Waals surface area contributed by atoms with Gasteiger partial charge in [0, 0.05) is 37.5 Å². The Morgan fingerprint density at radius 1 is 1.21 bits per heavy atom. The van der Waals surface area contributed by atoms with Gasteiger partial charge in [-0.05, 0) is 18.2 Å². The fourth-order valence-corrected chi connectivity index (χ4v) is 2.24. The second kappa shape index (κ2) is 6.88. The molecule has 2 rings (SSSR count). The second-order valence-corrected chi connectivity index (χ2v) is 5.11. The van der Waals surface area contributed by atoms with Crippen molar-refractivity contribution in [2.24, 2.45) is 0 Å². The number of nitro groups is 1. The van der Waals surface area contributed by atoms with Crippen molar-refractivity contribution in [1.82, 2.24) is 0 Å². The van der Waals surface area contributed by atoms with Crippen LogP contribution >= 0.6 is 0 Å². The van der Waals surface area contributed by atoms with Crippen molar-refractivity contribution in [2.75, 3.05) is 14.2 Å². The highest BCUT2D eigenvalue weighted by Gasteiger charge is 2.46. The van der Waals surface area contributed by atoms with Crippen LogP contribution in [0.5, 0.6) is 0 Å². The molecular weight excluding hydrogens is 314 g/mol. The van der Waals surface area contributed by atoms with E-state index in [2.05, 4.69) is 0 Å². The molecule has 7 nitrogen and oxygen atoms in total. The zero-order valence-corrected chi connectivity index (χ0v) is 13.2. The number of allylic oxidation sites excluding steroid dienone is 1. The van der Waals surface area contributed by atoms with Gasteiger partial charge in [0.15, 0.2) is 5.78 Å². The van der Waals surface area contributed by atoms with E-state index >= 15 is 0 Å². The number of carbonyl (C=O) groups is 1. The van der Waals surface area contributed by atoms with E-state index in [1.54, 1.807) is 30.3 Å². The molecule has 2 unspecified atom stereocenters. The number of methoxy groups -OCH3 is 2. The van der Waals surface area contributed by atoms with Crippen molar-refractivity contribution in [2.45, 2.75) is 11.5 Å². The number of benzene rings is 1. The lowest BCUT2D eigenvalue weighted by molar-refractivity contribution is -0.595. The molecule has 1 aliphatic rings. The molecule has 0 radical (unpaired) electrons. The lowest BCUT2D eigenvalue weighted by Crippen LogP contribution is -2.44. The molecule has 2 atom stereocenters. The van der Waals surface area contributed by atoms with Gasteiger partial charge in [0.05, 0.1) is 4.92 Å². The summed E-state index contributed by atoms with van der Waals surface area (Å²) in [6, 6.07) is 8.50. The van der Waals surface area contributed by atoms with Crippen LogP contribution in [-0.2, 0) is 9.47 Å². The minimum Gasteiger partial charge on any atom is -0.359 e. The van der Waals surface area contributed by atoms with Crippen LogP contribution < -0.4 is 0 Å². The van der Waals surface area contributed by atoms with Crippen molar-refractivity contribution in [3.8, 4) is 0 Å². The average Bonchev–Trinajstić information content (AvgIpc) is 2.61. The summed E-state index contributed by atoms with van der Waals surface area (Å²) in [4.78, 5) is 22.8. The third-order valence-corrected chi connectivity index (χ3v) is 3.72. The summed E-state index contributed by atoms with van der Waals surface area (Å²) in [7, 11) is 2.42. The van der Waals surface area contributed by atoms with Gasteiger partial charge in [-0.1, -0.05) is 30.3 Å². The van der Waals surface area contributed by atoms with Gasteiger partial charge in [0.25, 0.3) is 0 Å². The Hall–Kier alpha value is -2.61. The number of aliphatic hydroxyl groups is 1. The molecule has 0 aromatic heterocycles. The third kappa shape index (κ3) is 3.33. The van der Waals surface area contributed by atoms with Gasteiger partial charge < -0.3 is 14.6 Å². The predicted octanol–water partition coefficient (Wildman–Crippen LogP) is 1.88. The maximum Gasteiger partial charge on any atom is 0.365 e. The van der Waals surface area contributed by atoms with E-state index in [9.17, 15) is 20.0 Å². The lowest BCUT2D eigenvalue weighted by atomic mass is 9.93. The Morgan fingerprint density at radius 3 is 2.42 bits per heavy atom. The maximum atomic E-state index is 12.1. The Kier molecular flexibility index (Phi) is 5.08. The third-order valence-electron chi connectivity index (χ3n) is 3.72. The minimum absolute atomic E-state index is 0.0235. The molecule has 7 heteroatoms. The van der Waals surface area contributed by atoms with Crippen LogP contribution in [-0.4, -0.2) is 41.5 Å². The van der Waals surface area contributed by atoms with Crippen molar-refractivity contribution in [1.29, 1.82) is 0 Å². The smallest absolute Gasteiger partial charge is 0.359 e. The van der Waals surface area contributed by atoms with Gasteiger partial charge in [0.2, 0.25) is 5.79 Å². The number of carbonyl (C=O) groups excluding carboxylic acids is 1. The van der Waals surface area contributed by atoms with E-state index in [0.717, 1.165) is 18.2 Å². The van der Waals surface area contributed by atoms with Crippen LogP contribution in [0.3, 0.4) is 0 Å². The van der Waals surface area contributed by atoms with E-state index in [0.29, 0.717) is 5.56 Å². The first-order chi connectivity index (χ1) is 11.4. The number of rotatable bonds is 6. The normalized spacial score (nSPS) is 26.4. The molecule has 0 heterocycles. The molecule has 0 bridgehead atoms. The minimum atomic E-state index is -1.93. The number of ketones is 1. The van der Waals surface area contributed by atoms with Crippen LogP contribution in [0.2, 0.25) is 0 Å². The fraction of sp³-hybridized carbons (Fsp3) is 0.235. The second-order valence-electron chi connectivity index (χ2n) is 5.11. The van der Waals surface area contributed by atoms with Crippen LogP contribution in [0.25, 0.3) is 0 Å². The summed E-state index contributed by atoms with van der Waals surface area (Å²) in [5, 5.41) is 21.7. The topological polar surface area (TPSA) is 98.9 Å². The standard InChI is InChI=1S/C17H17NO6/c1-23-16(18(21)22)10-11-17(20,24-2)14(12-16)8-9-15(19)13-6-4-3-5-7-13/h3-12,20H,1-2H3/b9-8+. The van der Waals surface area contributed by atoms with E-state index < -0.39 is 16.4 Å². The molecule has 1 N–H and O–H groups in total. The van der Waals surface area contributed by atoms with Crippen molar-refractivity contribution in [3.63, 3.8) is 0 Å². The highest BCUT2D eigenvalue weighted by Crippen LogP contribution is 2.32. The number of nitrogens with zero attached hydrogens (tertiary/aromatic N) is 1. The Balaban J connectivity index is 2.38. The van der Waals surface area contributed by atoms with Crippen LogP contribution in [0.1, 0.15) is 10.4 Å². The van der Waals surface area contributed by atoms with Gasteiger partial charge >= 0.3 is 5.72 Å². The van der Waals surface area contributed by atoms with Gasteiger partial charge in [-0.25, -0.2) is 0 Å². The van der Waals surface area contributed by atoms with E-state index in [1.807, 2.05) is 0 Å². The predicted molar refractivity (Wildman–Crippen MR) is 85.8 cm³/mol. The number of hydrogen-bond donors (Lipinski definition) is 1. The summed E-state index contributed by atoms with van der Waals surface area (Å²) >= 11 is 0. The molecule has 1 aliphatic carbocycles. The number of hydrogen-bond acceptors (Lipinski definition) is 6. The van der Waals surface area contributed by atoms with Gasteiger partial charge in [0.1, 0.15) is 0 Å². The van der Waals surface area contributed by atoms with E-state index in [1.165, 1.54) is 26.4 Å². The largest absolute Gasteiger partial charge is 0.365 e. The summed E-state index contributed by atoms with van der Waals surface area (Å²) in [6.07, 6.45) is 5.80. The molecule has 126 valence electrons. The molecule has 24 heavy (non-hydrogen) atoms. The first-order valence-electron chi connectivity index (χ1n) is 7.05. The van der Waals surface area contributed by atoms with Gasteiger partial charge in [-0.15, -0.1) is 0 Å². The summed E-state index contributed by atoms with van der Waals surface area (Å²) in [5.74, 6) is -2.19. The van der Waals surface area contributed by atoms with E-state index in [-0.39, 0.29) is 11.4 Å². The quantitative estimate of drug-likeness (QED) is 0.213. The fourth-order valence-electron chi connectivity index (χ4n) is 2.24. The Morgan fingerprint density at radius 2 is 1.88 bits per heavy atom. The first kappa shape index (κ1) is 17.7. The zero-order valence-electron chi connectivity index (χ0n) is 13.2. The monoisotopic (exact) mass is 331 g/mol.